The van der Waals surface area contributed by atoms with Crippen molar-refractivity contribution in [3.05, 3.63) is 12.2 Å². The molecule has 0 aromatic heterocycles. The van der Waals surface area contributed by atoms with Gasteiger partial charge in [0, 0.05) is 6.54 Å². The second kappa shape index (κ2) is 2.26. The van der Waals surface area contributed by atoms with Crippen LogP contribution in [0.2, 0.25) is 0 Å². The quantitative estimate of drug-likeness (QED) is 0.489. The van der Waals surface area contributed by atoms with Crippen molar-refractivity contribution in [2.45, 2.75) is 18.9 Å². The molecule has 0 saturated carbocycles. The predicted octanol–water partition coefficient (Wildman–Crippen LogP) is 1.16. The number of ether oxygens (including phenoxy) is 1. The van der Waals surface area contributed by atoms with Crippen molar-refractivity contribution < 1.29 is 9.53 Å². The number of nitrogens with zero attached hydrogens (tertiary/aromatic N) is 1. The van der Waals surface area contributed by atoms with Crippen molar-refractivity contribution in [3.8, 4) is 0 Å². The third-order valence-corrected chi connectivity index (χ3v) is 2.31. The van der Waals surface area contributed by atoms with E-state index in [1.54, 1.807) is 4.90 Å². The van der Waals surface area contributed by atoms with Crippen LogP contribution in [0.5, 0.6) is 0 Å². The summed E-state index contributed by atoms with van der Waals surface area (Å²) in [4.78, 5) is 12.8. The number of rotatable bonds is 0. The van der Waals surface area contributed by atoms with Gasteiger partial charge in [-0.3, -0.25) is 0 Å². The highest BCUT2D eigenvalue weighted by Gasteiger charge is 2.35. The van der Waals surface area contributed by atoms with Crippen LogP contribution < -0.4 is 0 Å². The van der Waals surface area contributed by atoms with E-state index in [0.29, 0.717) is 6.61 Å². The van der Waals surface area contributed by atoms with Crippen molar-refractivity contribution >= 4 is 6.09 Å². The van der Waals surface area contributed by atoms with Gasteiger partial charge in [-0.15, -0.1) is 0 Å². The second-order valence-corrected chi connectivity index (χ2v) is 3.13. The standard InChI is InChI=1S/C8H11NO2/c1-6-2-3-9-7(4-6)5-11-8(9)10/h7H,1-5H2/t7-/m1/s1. The van der Waals surface area contributed by atoms with E-state index in [1.165, 1.54) is 5.57 Å². The van der Waals surface area contributed by atoms with E-state index in [9.17, 15) is 4.79 Å². The molecule has 0 N–H and O–H groups in total. The van der Waals surface area contributed by atoms with Gasteiger partial charge in [0.15, 0.2) is 0 Å². The summed E-state index contributed by atoms with van der Waals surface area (Å²) in [6, 6.07) is 0.281. The number of hydrogen-bond acceptors (Lipinski definition) is 2. The minimum absolute atomic E-state index is 0.150. The summed E-state index contributed by atoms with van der Waals surface area (Å²) in [7, 11) is 0. The topological polar surface area (TPSA) is 29.5 Å². The molecule has 11 heavy (non-hydrogen) atoms. The normalized spacial score (nSPS) is 30.2. The molecule has 60 valence electrons. The Bertz CT molecular complexity index is 212. The fourth-order valence-corrected chi connectivity index (χ4v) is 1.65. The second-order valence-electron chi connectivity index (χ2n) is 3.13. The number of fused-ring (bicyclic) bond motifs is 1. The van der Waals surface area contributed by atoms with E-state index in [2.05, 4.69) is 6.58 Å². The van der Waals surface area contributed by atoms with Crippen molar-refractivity contribution in [1.29, 1.82) is 0 Å². The molecule has 0 unspecified atom stereocenters. The summed E-state index contributed by atoms with van der Waals surface area (Å²) in [5.41, 5.74) is 1.24. The smallest absolute Gasteiger partial charge is 0.410 e. The van der Waals surface area contributed by atoms with E-state index in [-0.39, 0.29) is 12.1 Å². The molecule has 0 spiro atoms. The zero-order valence-electron chi connectivity index (χ0n) is 6.38. The largest absolute Gasteiger partial charge is 0.447 e. The molecule has 2 aliphatic rings. The summed E-state index contributed by atoms with van der Waals surface area (Å²) in [6.45, 7) is 5.25. The van der Waals surface area contributed by atoms with Crippen LogP contribution >= 0.6 is 0 Å². The van der Waals surface area contributed by atoms with Gasteiger partial charge >= 0.3 is 6.09 Å². The number of amides is 1. The lowest BCUT2D eigenvalue weighted by Gasteiger charge is -2.27. The number of piperidine rings is 1. The van der Waals surface area contributed by atoms with Gasteiger partial charge in [-0.25, -0.2) is 4.79 Å². The summed E-state index contributed by atoms with van der Waals surface area (Å²) >= 11 is 0. The maximum absolute atomic E-state index is 11.0. The van der Waals surface area contributed by atoms with Crippen molar-refractivity contribution in [3.63, 3.8) is 0 Å². The first-order valence-electron chi connectivity index (χ1n) is 3.87. The Labute approximate surface area is 65.6 Å². The molecule has 0 aromatic rings. The minimum atomic E-state index is -0.150. The van der Waals surface area contributed by atoms with Gasteiger partial charge in [0.05, 0.1) is 6.04 Å². The van der Waals surface area contributed by atoms with Gasteiger partial charge in [-0.05, 0) is 12.8 Å². The fourth-order valence-electron chi connectivity index (χ4n) is 1.65. The Morgan fingerprint density at radius 1 is 1.64 bits per heavy atom. The van der Waals surface area contributed by atoms with Crippen LogP contribution in [0.15, 0.2) is 12.2 Å². The zero-order valence-corrected chi connectivity index (χ0v) is 6.38. The Morgan fingerprint density at radius 3 is 3.27 bits per heavy atom. The monoisotopic (exact) mass is 153 g/mol. The van der Waals surface area contributed by atoms with Crippen LogP contribution in [0.25, 0.3) is 0 Å². The summed E-state index contributed by atoms with van der Waals surface area (Å²) < 4.78 is 4.89. The highest BCUT2D eigenvalue weighted by atomic mass is 16.6. The van der Waals surface area contributed by atoms with Gasteiger partial charge in [-0.1, -0.05) is 12.2 Å². The molecular formula is C8H11NO2. The molecule has 2 saturated heterocycles. The maximum atomic E-state index is 11.0. The predicted molar refractivity (Wildman–Crippen MR) is 40.2 cm³/mol. The first-order chi connectivity index (χ1) is 5.27. The van der Waals surface area contributed by atoms with Crippen LogP contribution in [0.1, 0.15) is 12.8 Å². The first-order valence-corrected chi connectivity index (χ1v) is 3.87. The average Bonchev–Trinajstić information content (AvgIpc) is 2.32. The molecule has 3 heteroatoms. The number of carbonyl (C=O) groups is 1. The maximum Gasteiger partial charge on any atom is 0.410 e. The van der Waals surface area contributed by atoms with Crippen LogP contribution in [0, 0.1) is 0 Å². The third kappa shape index (κ3) is 1.00. The van der Waals surface area contributed by atoms with Crippen LogP contribution in [-0.4, -0.2) is 30.2 Å². The summed E-state index contributed by atoms with van der Waals surface area (Å²) in [5, 5.41) is 0. The Morgan fingerprint density at radius 2 is 2.45 bits per heavy atom. The van der Waals surface area contributed by atoms with Gasteiger partial charge in [-0.2, -0.15) is 0 Å². The fraction of sp³-hybridized carbons (Fsp3) is 0.625. The molecule has 1 atom stereocenters. The average molecular weight is 153 g/mol. The summed E-state index contributed by atoms with van der Waals surface area (Å²) in [5.74, 6) is 0. The van der Waals surface area contributed by atoms with E-state index in [1.807, 2.05) is 0 Å². The van der Waals surface area contributed by atoms with Gasteiger partial charge < -0.3 is 9.64 Å². The van der Waals surface area contributed by atoms with Crippen molar-refractivity contribution in [1.82, 2.24) is 4.90 Å². The molecule has 0 radical (unpaired) electrons. The molecule has 2 rings (SSSR count). The van der Waals surface area contributed by atoms with Gasteiger partial charge in [0.25, 0.3) is 0 Å². The lowest BCUT2D eigenvalue weighted by Crippen LogP contribution is -2.38. The van der Waals surface area contributed by atoms with E-state index in [0.717, 1.165) is 19.4 Å². The Kier molecular flexibility index (Phi) is 1.37. The number of cyclic esters (lactones) is 1. The third-order valence-electron chi connectivity index (χ3n) is 2.31. The number of hydrogen-bond donors (Lipinski definition) is 0. The highest BCUT2D eigenvalue weighted by Crippen LogP contribution is 2.25. The van der Waals surface area contributed by atoms with Gasteiger partial charge in [0.1, 0.15) is 6.61 Å². The first kappa shape index (κ1) is 6.70. The molecule has 2 aliphatic heterocycles. The molecule has 3 nitrogen and oxygen atoms in total. The van der Waals surface area contributed by atoms with Crippen LogP contribution in [0.4, 0.5) is 4.79 Å². The van der Waals surface area contributed by atoms with Crippen molar-refractivity contribution in [2.24, 2.45) is 0 Å². The highest BCUT2D eigenvalue weighted by molar-refractivity contribution is 5.70. The lowest BCUT2D eigenvalue weighted by molar-refractivity contribution is 0.156. The molecule has 1 amide bonds. The molecule has 2 heterocycles. The summed E-state index contributed by atoms with van der Waals surface area (Å²) in [6.07, 6.45) is 1.71. The van der Waals surface area contributed by atoms with Crippen LogP contribution in [-0.2, 0) is 4.74 Å². The van der Waals surface area contributed by atoms with E-state index >= 15 is 0 Å². The molecule has 0 aliphatic carbocycles. The molecule has 0 aromatic carbocycles. The molecule has 0 bridgehead atoms. The van der Waals surface area contributed by atoms with E-state index < -0.39 is 0 Å². The Balaban J connectivity index is 2.11. The molecule has 2 fully saturated rings. The number of carbonyl (C=O) groups excluding carboxylic acids is 1. The zero-order chi connectivity index (χ0) is 7.84. The minimum Gasteiger partial charge on any atom is -0.447 e. The van der Waals surface area contributed by atoms with Crippen LogP contribution in [0.3, 0.4) is 0 Å². The van der Waals surface area contributed by atoms with Crippen molar-refractivity contribution in [2.75, 3.05) is 13.2 Å². The Hall–Kier alpha value is -0.990. The van der Waals surface area contributed by atoms with Gasteiger partial charge in [0.2, 0.25) is 0 Å². The lowest BCUT2D eigenvalue weighted by atomic mass is 10.00. The SMILES string of the molecule is C=C1CCN2C(=O)OC[C@H]2C1. The molecular weight excluding hydrogens is 142 g/mol. The van der Waals surface area contributed by atoms with E-state index in [4.69, 9.17) is 4.74 Å².